The van der Waals surface area contributed by atoms with E-state index < -0.39 is 0 Å². The molecule has 1 aromatic carbocycles. The van der Waals surface area contributed by atoms with Crippen LogP contribution >= 0.6 is 11.6 Å². The maximum atomic E-state index is 12.5. The molecule has 1 aliphatic rings. The standard InChI is InChI=1S/C21H24ClN5O/c1-12-8-16-17(9-13(12)2)26-21-20(25-16)15-10-14(22)4-5-18(15)27(21)11-19(28)24-7-6-23-3/h5,8-10,14,23H,4,6-7,11H2,1-3H3,(H,24,28). The highest BCUT2D eigenvalue weighted by molar-refractivity contribution is 6.24. The highest BCUT2D eigenvalue weighted by atomic mass is 35.5. The number of alkyl halides is 1. The van der Waals surface area contributed by atoms with Crippen LogP contribution in [0.3, 0.4) is 0 Å². The number of rotatable bonds is 5. The van der Waals surface area contributed by atoms with Gasteiger partial charge in [-0.05, 0) is 50.6 Å². The number of amides is 1. The Labute approximate surface area is 168 Å². The SMILES string of the molecule is CNCCNC(=O)Cn1c2c(c3nc4cc(C)c(C)cc4nc31)=CC(Cl)CC=2. The topological polar surface area (TPSA) is 71.8 Å². The molecule has 0 spiro atoms. The van der Waals surface area contributed by atoms with Crippen molar-refractivity contribution in [2.45, 2.75) is 32.2 Å². The molecule has 0 bridgehead atoms. The molecule has 7 heteroatoms. The molecule has 0 aliphatic heterocycles. The first kappa shape index (κ1) is 18.9. The van der Waals surface area contributed by atoms with Gasteiger partial charge in [0.05, 0.1) is 16.4 Å². The lowest BCUT2D eigenvalue weighted by molar-refractivity contribution is -0.121. The summed E-state index contributed by atoms with van der Waals surface area (Å²) in [7, 11) is 1.86. The Morgan fingerprint density at radius 1 is 1.21 bits per heavy atom. The molecule has 2 heterocycles. The Balaban J connectivity index is 1.91. The molecule has 1 amide bonds. The van der Waals surface area contributed by atoms with Gasteiger partial charge in [0.1, 0.15) is 12.1 Å². The number of aryl methyl sites for hydroxylation is 2. The summed E-state index contributed by atoms with van der Waals surface area (Å²) in [6, 6.07) is 4.12. The molecule has 28 heavy (non-hydrogen) atoms. The van der Waals surface area contributed by atoms with Crippen molar-refractivity contribution in [3.63, 3.8) is 0 Å². The normalized spacial score (nSPS) is 15.9. The molecule has 0 fully saturated rings. The third-order valence-corrected chi connectivity index (χ3v) is 5.53. The van der Waals surface area contributed by atoms with E-state index in [1.807, 2.05) is 17.7 Å². The summed E-state index contributed by atoms with van der Waals surface area (Å²) in [6.45, 7) is 5.67. The molecule has 0 saturated carbocycles. The van der Waals surface area contributed by atoms with E-state index in [0.29, 0.717) is 6.54 Å². The van der Waals surface area contributed by atoms with Crippen molar-refractivity contribution in [2.75, 3.05) is 20.1 Å². The summed E-state index contributed by atoms with van der Waals surface area (Å²) >= 11 is 6.38. The van der Waals surface area contributed by atoms with Gasteiger partial charge in [-0.25, -0.2) is 9.97 Å². The van der Waals surface area contributed by atoms with Gasteiger partial charge in [0, 0.05) is 23.7 Å². The van der Waals surface area contributed by atoms with E-state index in [4.69, 9.17) is 21.6 Å². The van der Waals surface area contributed by atoms with E-state index in [2.05, 4.69) is 42.7 Å². The zero-order chi connectivity index (χ0) is 19.8. The van der Waals surface area contributed by atoms with Crippen molar-refractivity contribution in [1.29, 1.82) is 0 Å². The molecule has 2 aromatic heterocycles. The molecule has 2 N–H and O–H groups in total. The first-order valence-electron chi connectivity index (χ1n) is 9.52. The lowest BCUT2D eigenvalue weighted by Gasteiger charge is -2.09. The third kappa shape index (κ3) is 3.38. The predicted octanol–water partition coefficient (Wildman–Crippen LogP) is 1.11. The molecular formula is C21H24ClN5O. The number of nitrogens with one attached hydrogen (secondary N) is 2. The molecule has 0 saturated heterocycles. The molecule has 1 atom stereocenters. The zero-order valence-electron chi connectivity index (χ0n) is 16.3. The smallest absolute Gasteiger partial charge is 0.240 e. The number of fused-ring (bicyclic) bond motifs is 4. The van der Waals surface area contributed by atoms with Crippen LogP contribution in [0, 0.1) is 13.8 Å². The molecule has 6 nitrogen and oxygen atoms in total. The summed E-state index contributed by atoms with van der Waals surface area (Å²) in [5, 5.41) is 7.83. The Hall–Kier alpha value is -2.44. The Kier molecular flexibility index (Phi) is 5.08. The van der Waals surface area contributed by atoms with E-state index in [9.17, 15) is 4.79 Å². The van der Waals surface area contributed by atoms with E-state index in [1.165, 1.54) is 11.1 Å². The maximum absolute atomic E-state index is 12.5. The largest absolute Gasteiger partial charge is 0.353 e. The Bertz CT molecular complexity index is 1200. The Morgan fingerprint density at radius 3 is 2.64 bits per heavy atom. The number of likely N-dealkylation sites (N-methyl/N-ethyl adjacent to an activating group) is 1. The van der Waals surface area contributed by atoms with Crippen molar-refractivity contribution >= 4 is 51.9 Å². The van der Waals surface area contributed by atoms with Crippen LogP contribution in [0.25, 0.3) is 34.3 Å². The van der Waals surface area contributed by atoms with E-state index in [1.54, 1.807) is 0 Å². The number of carbonyl (C=O) groups is 1. The lowest BCUT2D eigenvalue weighted by atomic mass is 10.1. The molecule has 1 aliphatic carbocycles. The summed E-state index contributed by atoms with van der Waals surface area (Å²) in [5.74, 6) is -0.0432. The number of aromatic nitrogens is 3. The fourth-order valence-electron chi connectivity index (χ4n) is 3.60. The summed E-state index contributed by atoms with van der Waals surface area (Å²) < 4.78 is 1.96. The average Bonchev–Trinajstić information content (AvgIpc) is 2.93. The minimum atomic E-state index is -0.0757. The van der Waals surface area contributed by atoms with Gasteiger partial charge >= 0.3 is 0 Å². The lowest BCUT2D eigenvalue weighted by Crippen LogP contribution is -2.38. The zero-order valence-corrected chi connectivity index (χ0v) is 17.1. The molecule has 1 unspecified atom stereocenters. The summed E-state index contributed by atoms with van der Waals surface area (Å²) in [4.78, 5) is 22.3. The minimum Gasteiger partial charge on any atom is -0.353 e. The van der Waals surface area contributed by atoms with Crippen LogP contribution in [0.15, 0.2) is 12.1 Å². The third-order valence-electron chi connectivity index (χ3n) is 5.22. The molecule has 0 radical (unpaired) electrons. The molecule has 4 rings (SSSR count). The van der Waals surface area contributed by atoms with E-state index in [0.717, 1.165) is 45.7 Å². The number of carbonyl (C=O) groups excluding carboxylic acids is 1. The number of hydrogen-bond acceptors (Lipinski definition) is 4. The van der Waals surface area contributed by atoms with Crippen LogP contribution in [-0.2, 0) is 11.3 Å². The van der Waals surface area contributed by atoms with Crippen LogP contribution in [-0.4, -0.2) is 46.0 Å². The summed E-state index contributed by atoms with van der Waals surface area (Å²) in [6.07, 6.45) is 4.83. The molecule has 3 aromatic rings. The van der Waals surface area contributed by atoms with Gasteiger partial charge in [0.25, 0.3) is 0 Å². The quantitative estimate of drug-likeness (QED) is 0.499. The second-order valence-corrected chi connectivity index (χ2v) is 7.84. The molecular weight excluding hydrogens is 374 g/mol. The van der Waals surface area contributed by atoms with Crippen LogP contribution in [0.4, 0.5) is 0 Å². The highest BCUT2D eigenvalue weighted by Gasteiger charge is 2.18. The summed E-state index contributed by atoms with van der Waals surface area (Å²) in [5.41, 5.74) is 5.58. The van der Waals surface area contributed by atoms with Gasteiger partial charge in [-0.2, -0.15) is 0 Å². The van der Waals surface area contributed by atoms with Crippen molar-refractivity contribution in [3.05, 3.63) is 33.8 Å². The minimum absolute atomic E-state index is 0.0432. The van der Waals surface area contributed by atoms with E-state index in [-0.39, 0.29) is 17.8 Å². The van der Waals surface area contributed by atoms with Gasteiger partial charge in [0.15, 0.2) is 5.65 Å². The van der Waals surface area contributed by atoms with Crippen LogP contribution in [0.5, 0.6) is 0 Å². The van der Waals surface area contributed by atoms with Crippen LogP contribution < -0.4 is 21.2 Å². The van der Waals surface area contributed by atoms with Crippen molar-refractivity contribution in [1.82, 2.24) is 25.2 Å². The van der Waals surface area contributed by atoms with Gasteiger partial charge < -0.3 is 15.2 Å². The van der Waals surface area contributed by atoms with Gasteiger partial charge in [-0.1, -0.05) is 12.2 Å². The Morgan fingerprint density at radius 2 is 1.93 bits per heavy atom. The fourth-order valence-corrected chi connectivity index (χ4v) is 3.81. The van der Waals surface area contributed by atoms with Gasteiger partial charge in [0.2, 0.25) is 5.91 Å². The average molecular weight is 398 g/mol. The first-order valence-corrected chi connectivity index (χ1v) is 9.96. The van der Waals surface area contributed by atoms with Crippen molar-refractivity contribution < 1.29 is 4.79 Å². The van der Waals surface area contributed by atoms with E-state index >= 15 is 0 Å². The first-order chi connectivity index (χ1) is 13.5. The van der Waals surface area contributed by atoms with Crippen LogP contribution in [0.2, 0.25) is 0 Å². The number of benzene rings is 1. The van der Waals surface area contributed by atoms with Crippen LogP contribution in [0.1, 0.15) is 17.5 Å². The predicted molar refractivity (Wildman–Crippen MR) is 114 cm³/mol. The van der Waals surface area contributed by atoms with Crippen molar-refractivity contribution in [2.24, 2.45) is 0 Å². The van der Waals surface area contributed by atoms with Gasteiger partial charge in [-0.3, -0.25) is 4.79 Å². The second-order valence-electron chi connectivity index (χ2n) is 7.28. The fraction of sp³-hybridized carbons (Fsp3) is 0.381. The monoisotopic (exact) mass is 397 g/mol. The number of nitrogens with zero attached hydrogens (tertiary/aromatic N) is 3. The molecule has 146 valence electrons. The highest BCUT2D eigenvalue weighted by Crippen LogP contribution is 2.19. The number of halogens is 1. The number of hydrogen-bond donors (Lipinski definition) is 2. The second kappa shape index (κ2) is 7.53. The maximum Gasteiger partial charge on any atom is 0.240 e. The van der Waals surface area contributed by atoms with Crippen molar-refractivity contribution in [3.8, 4) is 0 Å². The van der Waals surface area contributed by atoms with Gasteiger partial charge in [-0.15, -0.1) is 11.6 Å².